The van der Waals surface area contributed by atoms with Crippen molar-refractivity contribution in [3.8, 4) is 5.75 Å². The summed E-state index contributed by atoms with van der Waals surface area (Å²) in [5.41, 5.74) is 0. The van der Waals surface area contributed by atoms with Gasteiger partial charge in [0.25, 0.3) is 0 Å². The molecule has 154 valence electrons. The predicted molar refractivity (Wildman–Crippen MR) is 115 cm³/mol. The number of benzene rings is 2. The fourth-order valence-corrected chi connectivity index (χ4v) is 5.51. The highest BCUT2D eigenvalue weighted by atomic mass is 35.5. The van der Waals surface area contributed by atoms with Crippen LogP contribution in [0.4, 0.5) is 0 Å². The number of nitrogens with zero attached hydrogens (tertiary/aromatic N) is 1. The van der Waals surface area contributed by atoms with Gasteiger partial charge in [-0.1, -0.05) is 24.3 Å². The fraction of sp³-hybridized carbons (Fsp3) is 0.524. The van der Waals surface area contributed by atoms with Crippen LogP contribution < -0.4 is 10.1 Å². The summed E-state index contributed by atoms with van der Waals surface area (Å²) in [7, 11) is -3.51. The van der Waals surface area contributed by atoms with Crippen LogP contribution in [0.15, 0.2) is 41.3 Å². The van der Waals surface area contributed by atoms with E-state index in [0.717, 1.165) is 41.8 Å². The number of nitrogens with one attached hydrogen (secondary N) is 1. The summed E-state index contributed by atoms with van der Waals surface area (Å²) in [6.07, 6.45) is 4.43. The van der Waals surface area contributed by atoms with Crippen LogP contribution in [0.2, 0.25) is 0 Å². The molecule has 0 unspecified atom stereocenters. The molecule has 2 aromatic carbocycles. The Labute approximate surface area is 173 Å². The third-order valence-corrected chi connectivity index (χ3v) is 7.56. The molecule has 1 saturated carbocycles. The first-order chi connectivity index (χ1) is 13.1. The first-order valence-electron chi connectivity index (χ1n) is 9.97. The van der Waals surface area contributed by atoms with E-state index < -0.39 is 10.0 Å². The maximum Gasteiger partial charge on any atom is 0.243 e. The molecule has 1 saturated heterocycles. The van der Waals surface area contributed by atoms with Crippen molar-refractivity contribution < 1.29 is 13.2 Å². The molecular formula is C21H29ClN2O3S. The Morgan fingerprint density at radius 2 is 1.71 bits per heavy atom. The molecule has 1 aliphatic heterocycles. The number of sulfonamides is 1. The quantitative estimate of drug-likeness (QED) is 0.734. The molecule has 0 bridgehead atoms. The number of fused-ring (bicyclic) bond motifs is 1. The van der Waals surface area contributed by atoms with E-state index in [9.17, 15) is 8.42 Å². The van der Waals surface area contributed by atoms with Gasteiger partial charge in [0.2, 0.25) is 10.0 Å². The molecule has 2 aliphatic rings. The van der Waals surface area contributed by atoms with Gasteiger partial charge in [-0.2, -0.15) is 4.31 Å². The summed E-state index contributed by atoms with van der Waals surface area (Å²) in [4.78, 5) is 0.381. The monoisotopic (exact) mass is 424 g/mol. The summed E-state index contributed by atoms with van der Waals surface area (Å²) in [6.45, 7) is 4.72. The van der Waals surface area contributed by atoms with Crippen LogP contribution in [0, 0.1) is 5.92 Å². The molecule has 2 aromatic rings. The standard InChI is InChI=1S/C21H28N2O3S.ClH/c1-2-26-20-9-10-21(19-6-4-3-5-18(19)20)27(24,25)23-13-11-17(12-14-23)22-15-16-7-8-16;/h3-6,9-10,16-17,22H,2,7-8,11-15H2,1H3;1H. The Morgan fingerprint density at radius 3 is 2.36 bits per heavy atom. The number of halogens is 1. The highest BCUT2D eigenvalue weighted by Gasteiger charge is 2.31. The molecule has 0 amide bonds. The van der Waals surface area contributed by atoms with Gasteiger partial charge in [-0.15, -0.1) is 12.4 Å². The van der Waals surface area contributed by atoms with Crippen LogP contribution in [-0.4, -0.2) is 45.0 Å². The summed E-state index contributed by atoms with van der Waals surface area (Å²) in [5, 5.41) is 5.19. The molecule has 2 fully saturated rings. The number of piperidine rings is 1. The number of hydrogen-bond donors (Lipinski definition) is 1. The minimum atomic E-state index is -3.51. The first kappa shape index (κ1) is 21.4. The van der Waals surface area contributed by atoms with Crippen molar-refractivity contribution in [1.82, 2.24) is 9.62 Å². The van der Waals surface area contributed by atoms with Crippen molar-refractivity contribution in [3.63, 3.8) is 0 Å². The second-order valence-electron chi connectivity index (χ2n) is 7.57. The van der Waals surface area contributed by atoms with E-state index >= 15 is 0 Å². The second-order valence-corrected chi connectivity index (χ2v) is 9.48. The maximum absolute atomic E-state index is 13.3. The minimum absolute atomic E-state index is 0. The average Bonchev–Trinajstić information content (AvgIpc) is 3.51. The van der Waals surface area contributed by atoms with Crippen molar-refractivity contribution in [2.75, 3.05) is 26.2 Å². The van der Waals surface area contributed by atoms with Crippen molar-refractivity contribution in [3.05, 3.63) is 36.4 Å². The Balaban J connectivity index is 0.00000225. The minimum Gasteiger partial charge on any atom is -0.493 e. The van der Waals surface area contributed by atoms with Gasteiger partial charge in [0.1, 0.15) is 5.75 Å². The van der Waals surface area contributed by atoms with E-state index in [1.54, 1.807) is 16.4 Å². The largest absolute Gasteiger partial charge is 0.493 e. The van der Waals surface area contributed by atoms with Gasteiger partial charge in [-0.05, 0) is 57.2 Å². The smallest absolute Gasteiger partial charge is 0.243 e. The number of rotatable bonds is 7. The van der Waals surface area contributed by atoms with E-state index in [4.69, 9.17) is 4.74 Å². The maximum atomic E-state index is 13.3. The van der Waals surface area contributed by atoms with Gasteiger partial charge in [-0.25, -0.2) is 8.42 Å². The summed E-state index contributed by atoms with van der Waals surface area (Å²) in [6, 6.07) is 11.5. The Hall–Kier alpha value is -1.34. The lowest BCUT2D eigenvalue weighted by Gasteiger charge is -2.32. The Bertz CT molecular complexity index is 907. The van der Waals surface area contributed by atoms with E-state index in [1.807, 2.05) is 31.2 Å². The van der Waals surface area contributed by atoms with E-state index in [0.29, 0.717) is 30.6 Å². The first-order valence-corrected chi connectivity index (χ1v) is 11.4. The SMILES string of the molecule is CCOc1ccc(S(=O)(=O)N2CCC(NCC3CC3)CC2)c2ccccc12.Cl. The lowest BCUT2D eigenvalue weighted by molar-refractivity contribution is 0.288. The lowest BCUT2D eigenvalue weighted by Crippen LogP contribution is -2.45. The Kier molecular flexibility index (Phi) is 6.86. The van der Waals surface area contributed by atoms with E-state index in [1.165, 1.54) is 12.8 Å². The van der Waals surface area contributed by atoms with Crippen LogP contribution in [-0.2, 0) is 10.0 Å². The van der Waals surface area contributed by atoms with Crippen molar-refractivity contribution in [2.45, 2.75) is 43.5 Å². The van der Waals surface area contributed by atoms with Crippen molar-refractivity contribution in [1.29, 1.82) is 0 Å². The molecule has 1 N–H and O–H groups in total. The molecule has 0 spiro atoms. The predicted octanol–water partition coefficient (Wildman–Crippen LogP) is 3.81. The molecule has 28 heavy (non-hydrogen) atoms. The highest BCUT2D eigenvalue weighted by Crippen LogP contribution is 2.33. The van der Waals surface area contributed by atoms with Crippen molar-refractivity contribution >= 4 is 33.2 Å². The normalized spacial score (nSPS) is 18.8. The zero-order chi connectivity index (χ0) is 18.9. The van der Waals surface area contributed by atoms with Gasteiger partial charge in [-0.3, -0.25) is 0 Å². The zero-order valence-electron chi connectivity index (χ0n) is 16.3. The molecular weight excluding hydrogens is 396 g/mol. The van der Waals surface area contributed by atoms with Gasteiger partial charge < -0.3 is 10.1 Å². The zero-order valence-corrected chi connectivity index (χ0v) is 17.9. The van der Waals surface area contributed by atoms with Gasteiger partial charge in [0.15, 0.2) is 0 Å². The van der Waals surface area contributed by atoms with Gasteiger partial charge in [0, 0.05) is 29.9 Å². The average molecular weight is 425 g/mol. The van der Waals surface area contributed by atoms with E-state index in [-0.39, 0.29) is 12.4 Å². The molecule has 0 radical (unpaired) electrons. The summed E-state index contributed by atoms with van der Waals surface area (Å²) >= 11 is 0. The summed E-state index contributed by atoms with van der Waals surface area (Å²) < 4.78 is 34.0. The van der Waals surface area contributed by atoms with Crippen LogP contribution >= 0.6 is 12.4 Å². The summed E-state index contributed by atoms with van der Waals surface area (Å²) in [5.74, 6) is 1.58. The van der Waals surface area contributed by atoms with Crippen LogP contribution in [0.1, 0.15) is 32.6 Å². The Morgan fingerprint density at radius 1 is 1.04 bits per heavy atom. The molecule has 0 atom stereocenters. The second kappa shape index (κ2) is 8.99. The lowest BCUT2D eigenvalue weighted by atomic mass is 10.1. The van der Waals surface area contributed by atoms with Gasteiger partial charge in [0.05, 0.1) is 11.5 Å². The van der Waals surface area contributed by atoms with Crippen LogP contribution in [0.25, 0.3) is 10.8 Å². The van der Waals surface area contributed by atoms with Crippen molar-refractivity contribution in [2.24, 2.45) is 5.92 Å². The molecule has 7 heteroatoms. The third kappa shape index (κ3) is 4.46. The van der Waals surface area contributed by atoms with Gasteiger partial charge >= 0.3 is 0 Å². The van der Waals surface area contributed by atoms with Crippen LogP contribution in [0.5, 0.6) is 5.75 Å². The molecule has 0 aromatic heterocycles. The van der Waals surface area contributed by atoms with E-state index in [2.05, 4.69) is 5.32 Å². The highest BCUT2D eigenvalue weighted by molar-refractivity contribution is 7.89. The molecule has 1 heterocycles. The van der Waals surface area contributed by atoms with Crippen LogP contribution in [0.3, 0.4) is 0 Å². The number of hydrogen-bond acceptors (Lipinski definition) is 4. The molecule has 4 rings (SSSR count). The fourth-order valence-electron chi connectivity index (χ4n) is 3.84. The topological polar surface area (TPSA) is 58.6 Å². The third-order valence-electron chi connectivity index (χ3n) is 5.61. The molecule has 5 nitrogen and oxygen atoms in total. The molecule has 1 aliphatic carbocycles. The number of ether oxygens (including phenoxy) is 1.